The summed E-state index contributed by atoms with van der Waals surface area (Å²) in [5, 5.41) is 12.5. The third-order valence-corrected chi connectivity index (χ3v) is 7.89. The fourth-order valence-electron chi connectivity index (χ4n) is 2.90. The lowest BCUT2D eigenvalue weighted by molar-refractivity contribution is -0.120. The fraction of sp³-hybridized carbons (Fsp3) is 0.471. The molecule has 0 bridgehead atoms. The third-order valence-electron chi connectivity index (χ3n) is 4.61. The van der Waals surface area contributed by atoms with Gasteiger partial charge in [0.25, 0.3) is 0 Å². The zero-order valence-electron chi connectivity index (χ0n) is 15.1. The van der Waals surface area contributed by atoms with Gasteiger partial charge in [-0.1, -0.05) is 35.9 Å². The van der Waals surface area contributed by atoms with Gasteiger partial charge in [-0.25, -0.2) is 8.42 Å². The Morgan fingerprint density at radius 3 is 2.63 bits per heavy atom. The van der Waals surface area contributed by atoms with E-state index in [1.165, 1.54) is 21.7 Å². The fourth-order valence-corrected chi connectivity index (χ4v) is 5.32. The average molecular weight is 429 g/mol. The summed E-state index contributed by atoms with van der Waals surface area (Å²) in [5.41, 5.74) is 0.828. The highest BCUT2D eigenvalue weighted by atomic mass is 35.5. The monoisotopic (exact) mass is 428 g/mol. The molecule has 1 amide bonds. The maximum Gasteiger partial charge on any atom is 0.243 e. The number of benzene rings is 1. The number of nitrogens with zero attached hydrogens (tertiary/aromatic N) is 3. The van der Waals surface area contributed by atoms with Crippen molar-refractivity contribution in [2.24, 2.45) is 5.92 Å². The van der Waals surface area contributed by atoms with E-state index in [1.807, 2.05) is 13.8 Å². The van der Waals surface area contributed by atoms with Gasteiger partial charge in [-0.3, -0.25) is 4.79 Å². The first-order chi connectivity index (χ1) is 12.8. The first-order valence-electron chi connectivity index (χ1n) is 8.70. The Morgan fingerprint density at radius 2 is 2.04 bits per heavy atom. The number of amides is 1. The molecule has 0 spiro atoms. The minimum atomic E-state index is -3.61. The van der Waals surface area contributed by atoms with E-state index in [1.54, 1.807) is 12.1 Å². The number of hydrogen-bond acceptors (Lipinski definition) is 6. The molecule has 7 nitrogen and oxygen atoms in total. The van der Waals surface area contributed by atoms with Crippen LogP contribution in [0.25, 0.3) is 0 Å². The van der Waals surface area contributed by atoms with Crippen LogP contribution >= 0.6 is 22.9 Å². The molecule has 2 aromatic rings. The maximum absolute atomic E-state index is 12.8. The molecular weight excluding hydrogens is 408 g/mol. The van der Waals surface area contributed by atoms with Crippen LogP contribution in [-0.4, -0.2) is 41.9 Å². The van der Waals surface area contributed by atoms with Gasteiger partial charge in [0.15, 0.2) is 0 Å². The molecule has 1 N–H and O–H groups in total. The van der Waals surface area contributed by atoms with E-state index < -0.39 is 10.0 Å². The van der Waals surface area contributed by atoms with Crippen molar-refractivity contribution in [3.8, 4) is 0 Å². The minimum absolute atomic E-state index is 0.135. The Bertz CT molecular complexity index is 937. The van der Waals surface area contributed by atoms with Gasteiger partial charge in [-0.2, -0.15) is 4.31 Å². The molecular formula is C17H21ClN4O3S2. The van der Waals surface area contributed by atoms with Gasteiger partial charge < -0.3 is 5.32 Å². The van der Waals surface area contributed by atoms with Crippen molar-refractivity contribution in [1.29, 1.82) is 0 Å². The highest BCUT2D eigenvalue weighted by Crippen LogP contribution is 2.27. The number of rotatable bonds is 5. The average Bonchev–Trinajstić information content (AvgIpc) is 3.11. The molecule has 3 rings (SSSR count). The van der Waals surface area contributed by atoms with Crippen LogP contribution in [0.5, 0.6) is 0 Å². The van der Waals surface area contributed by atoms with Crippen molar-refractivity contribution >= 4 is 44.0 Å². The molecule has 2 heterocycles. The molecule has 10 heteroatoms. The second-order valence-electron chi connectivity index (χ2n) is 6.43. The highest BCUT2D eigenvalue weighted by Gasteiger charge is 2.32. The number of aromatic nitrogens is 2. The lowest BCUT2D eigenvalue weighted by Crippen LogP contribution is -2.41. The van der Waals surface area contributed by atoms with Gasteiger partial charge >= 0.3 is 0 Å². The van der Waals surface area contributed by atoms with Crippen molar-refractivity contribution < 1.29 is 13.2 Å². The van der Waals surface area contributed by atoms with Crippen LogP contribution in [0.15, 0.2) is 23.1 Å². The van der Waals surface area contributed by atoms with E-state index in [2.05, 4.69) is 15.5 Å². The highest BCUT2D eigenvalue weighted by molar-refractivity contribution is 7.89. The van der Waals surface area contributed by atoms with Crippen LogP contribution in [-0.2, 0) is 21.2 Å². The number of piperidine rings is 1. The Balaban J connectivity index is 1.62. The van der Waals surface area contributed by atoms with E-state index in [9.17, 15) is 13.2 Å². The Morgan fingerprint density at radius 1 is 1.33 bits per heavy atom. The zero-order valence-corrected chi connectivity index (χ0v) is 17.5. The van der Waals surface area contributed by atoms with E-state index in [-0.39, 0.29) is 16.7 Å². The first-order valence-corrected chi connectivity index (χ1v) is 11.3. The normalized spacial score (nSPS) is 16.4. The number of carbonyl (C=O) groups is 1. The molecule has 1 aliphatic rings. The number of hydrogen-bond donors (Lipinski definition) is 1. The van der Waals surface area contributed by atoms with Crippen LogP contribution < -0.4 is 5.32 Å². The second-order valence-corrected chi connectivity index (χ2v) is 9.84. The van der Waals surface area contributed by atoms with Crippen LogP contribution in [0.2, 0.25) is 5.02 Å². The van der Waals surface area contributed by atoms with E-state index in [0.29, 0.717) is 36.1 Å². The molecule has 1 aromatic carbocycles. The van der Waals surface area contributed by atoms with Crippen molar-refractivity contribution in [3.63, 3.8) is 0 Å². The molecule has 146 valence electrons. The molecule has 27 heavy (non-hydrogen) atoms. The lowest BCUT2D eigenvalue weighted by Gasteiger charge is -2.30. The largest absolute Gasteiger partial charge is 0.300 e. The minimum Gasteiger partial charge on any atom is -0.300 e. The Hall–Kier alpha value is -1.55. The Labute approximate surface area is 167 Å². The quantitative estimate of drug-likeness (QED) is 0.789. The molecule has 1 aliphatic heterocycles. The third kappa shape index (κ3) is 4.48. The summed E-state index contributed by atoms with van der Waals surface area (Å²) in [5.74, 6) is -0.378. The molecule has 0 unspecified atom stereocenters. The predicted octanol–water partition coefficient (Wildman–Crippen LogP) is 3.10. The summed E-state index contributed by atoms with van der Waals surface area (Å²) in [6.07, 6.45) is 1.70. The molecule has 0 radical (unpaired) electrons. The smallest absolute Gasteiger partial charge is 0.243 e. The van der Waals surface area contributed by atoms with Gasteiger partial charge in [-0.15, -0.1) is 10.2 Å². The van der Waals surface area contributed by atoms with E-state index in [4.69, 9.17) is 11.6 Å². The molecule has 1 aromatic heterocycles. The molecule has 0 aliphatic carbocycles. The van der Waals surface area contributed by atoms with Crippen LogP contribution in [0, 0.1) is 12.8 Å². The van der Waals surface area contributed by atoms with Crippen molar-refractivity contribution in [2.75, 3.05) is 18.4 Å². The van der Waals surface area contributed by atoms with Crippen molar-refractivity contribution in [2.45, 2.75) is 38.0 Å². The summed E-state index contributed by atoms with van der Waals surface area (Å²) in [6, 6.07) is 4.74. The topological polar surface area (TPSA) is 92.3 Å². The van der Waals surface area contributed by atoms with Crippen LogP contribution in [0.3, 0.4) is 0 Å². The maximum atomic E-state index is 12.8. The van der Waals surface area contributed by atoms with Crippen molar-refractivity contribution in [3.05, 3.63) is 33.8 Å². The van der Waals surface area contributed by atoms with Gasteiger partial charge in [0.05, 0.1) is 4.90 Å². The number of anilines is 1. The summed E-state index contributed by atoms with van der Waals surface area (Å²) in [7, 11) is -3.61. The molecule has 1 saturated heterocycles. The number of halogens is 1. The van der Waals surface area contributed by atoms with Gasteiger partial charge in [0.2, 0.25) is 21.1 Å². The summed E-state index contributed by atoms with van der Waals surface area (Å²) in [6.45, 7) is 4.39. The van der Waals surface area contributed by atoms with E-state index >= 15 is 0 Å². The standard InChI is InChI=1S/C17H21ClN4O3S2/c1-3-15-20-21-17(26-15)19-16(23)12-6-8-22(9-7-12)27(24,25)13-5-4-11(2)14(18)10-13/h4-5,10,12H,3,6-9H2,1-2H3,(H,19,21,23). The van der Waals surface area contributed by atoms with E-state index in [0.717, 1.165) is 17.0 Å². The first kappa shape index (κ1) is 20.2. The lowest BCUT2D eigenvalue weighted by atomic mass is 9.97. The molecule has 0 atom stereocenters. The summed E-state index contributed by atoms with van der Waals surface area (Å²) >= 11 is 7.42. The molecule has 0 saturated carbocycles. The number of carbonyl (C=O) groups excluding carboxylic acids is 1. The van der Waals surface area contributed by atoms with Gasteiger partial charge in [0.1, 0.15) is 5.01 Å². The SMILES string of the molecule is CCc1nnc(NC(=O)C2CCN(S(=O)(=O)c3ccc(C)c(Cl)c3)CC2)s1. The molecule has 1 fully saturated rings. The zero-order chi connectivity index (χ0) is 19.6. The second kappa shape index (κ2) is 8.22. The van der Waals surface area contributed by atoms with Crippen LogP contribution in [0.4, 0.5) is 5.13 Å². The summed E-state index contributed by atoms with van der Waals surface area (Å²) in [4.78, 5) is 12.6. The Kier molecular flexibility index (Phi) is 6.15. The number of sulfonamides is 1. The number of nitrogens with one attached hydrogen (secondary N) is 1. The number of aryl methyl sites for hydroxylation is 2. The van der Waals surface area contributed by atoms with Crippen LogP contribution in [0.1, 0.15) is 30.3 Å². The van der Waals surface area contributed by atoms with Gasteiger partial charge in [-0.05, 0) is 43.9 Å². The van der Waals surface area contributed by atoms with Crippen molar-refractivity contribution in [1.82, 2.24) is 14.5 Å². The summed E-state index contributed by atoms with van der Waals surface area (Å²) < 4.78 is 27.0. The van der Waals surface area contributed by atoms with Gasteiger partial charge in [0, 0.05) is 24.0 Å². The predicted molar refractivity (Wildman–Crippen MR) is 106 cm³/mol.